The van der Waals surface area contributed by atoms with Crippen LogP contribution in [-0.2, 0) is 0 Å². The van der Waals surface area contributed by atoms with Gasteiger partial charge in [0.2, 0.25) is 0 Å². The number of halogens is 1. The lowest BCUT2D eigenvalue weighted by Crippen LogP contribution is -2.33. The van der Waals surface area contributed by atoms with Gasteiger partial charge < -0.3 is 15.4 Å². The van der Waals surface area contributed by atoms with Gasteiger partial charge in [0.15, 0.2) is 11.6 Å². The van der Waals surface area contributed by atoms with Gasteiger partial charge in [-0.2, -0.15) is 0 Å². The summed E-state index contributed by atoms with van der Waals surface area (Å²) in [6, 6.07) is 2.23. The van der Waals surface area contributed by atoms with E-state index in [-0.39, 0.29) is 11.4 Å². The molecule has 6 nitrogen and oxygen atoms in total. The lowest BCUT2D eigenvalue weighted by molar-refractivity contribution is -0.384. The minimum Gasteiger partial charge on any atom is -0.494 e. The summed E-state index contributed by atoms with van der Waals surface area (Å²) < 4.78 is 18.4. The Morgan fingerprint density at radius 1 is 1.60 bits per heavy atom. The molecule has 1 fully saturated rings. The van der Waals surface area contributed by atoms with E-state index in [4.69, 9.17) is 4.74 Å². The van der Waals surface area contributed by atoms with E-state index in [0.717, 1.165) is 32.0 Å². The van der Waals surface area contributed by atoms with Gasteiger partial charge in [-0.15, -0.1) is 0 Å². The van der Waals surface area contributed by atoms with Crippen molar-refractivity contribution in [2.75, 3.05) is 32.1 Å². The Kier molecular flexibility index (Phi) is 4.73. The molecular weight excluding hydrogens is 265 g/mol. The van der Waals surface area contributed by atoms with Gasteiger partial charge in [-0.3, -0.25) is 10.1 Å². The van der Waals surface area contributed by atoms with Crippen LogP contribution in [0.25, 0.3) is 0 Å². The fourth-order valence-corrected chi connectivity index (χ4v) is 2.34. The second-order valence-electron chi connectivity index (χ2n) is 4.85. The number of ether oxygens (including phenoxy) is 1. The zero-order valence-corrected chi connectivity index (χ0v) is 11.3. The van der Waals surface area contributed by atoms with Crippen molar-refractivity contribution in [2.45, 2.75) is 12.8 Å². The number of nitro groups is 1. The first-order chi connectivity index (χ1) is 9.61. The molecule has 1 saturated heterocycles. The Morgan fingerprint density at radius 3 is 3.00 bits per heavy atom. The fraction of sp³-hybridized carbons (Fsp3) is 0.538. The topological polar surface area (TPSA) is 76.4 Å². The third-order valence-electron chi connectivity index (χ3n) is 3.45. The molecule has 2 N–H and O–H groups in total. The van der Waals surface area contributed by atoms with Gasteiger partial charge in [0, 0.05) is 12.6 Å². The quantitative estimate of drug-likeness (QED) is 0.639. The highest BCUT2D eigenvalue weighted by Gasteiger charge is 2.20. The zero-order chi connectivity index (χ0) is 14.5. The van der Waals surface area contributed by atoms with Crippen molar-refractivity contribution in [3.05, 3.63) is 28.1 Å². The van der Waals surface area contributed by atoms with Gasteiger partial charge in [0.05, 0.1) is 18.1 Å². The molecule has 7 heteroatoms. The summed E-state index contributed by atoms with van der Waals surface area (Å²) in [6.45, 7) is 2.52. The second kappa shape index (κ2) is 6.51. The fourth-order valence-electron chi connectivity index (χ4n) is 2.34. The Hall–Kier alpha value is -1.89. The number of piperidine rings is 1. The maximum atomic E-state index is 13.5. The number of nitrogens with one attached hydrogen (secondary N) is 2. The van der Waals surface area contributed by atoms with Crippen molar-refractivity contribution in [1.82, 2.24) is 5.32 Å². The molecule has 1 aliphatic heterocycles. The van der Waals surface area contributed by atoms with Crippen LogP contribution in [-0.4, -0.2) is 31.7 Å². The number of hydrogen-bond donors (Lipinski definition) is 2. The Balaban J connectivity index is 2.13. The minimum atomic E-state index is -0.732. The Bertz CT molecular complexity index is 490. The molecule has 1 aromatic rings. The van der Waals surface area contributed by atoms with E-state index < -0.39 is 10.7 Å². The Morgan fingerprint density at radius 2 is 2.40 bits per heavy atom. The minimum absolute atomic E-state index is 0.000121. The van der Waals surface area contributed by atoms with E-state index in [2.05, 4.69) is 10.6 Å². The average molecular weight is 283 g/mol. The molecule has 0 saturated carbocycles. The number of hydrogen-bond acceptors (Lipinski definition) is 5. The van der Waals surface area contributed by atoms with Crippen molar-refractivity contribution in [3.63, 3.8) is 0 Å². The number of nitro benzene ring substituents is 1. The lowest BCUT2D eigenvalue weighted by atomic mass is 9.99. The van der Waals surface area contributed by atoms with Crippen LogP contribution in [0.2, 0.25) is 0 Å². The Labute approximate surface area is 116 Å². The van der Waals surface area contributed by atoms with Crippen LogP contribution in [0, 0.1) is 21.8 Å². The lowest BCUT2D eigenvalue weighted by Gasteiger charge is -2.23. The summed E-state index contributed by atoms with van der Waals surface area (Å²) in [4.78, 5) is 10.4. The first-order valence-electron chi connectivity index (χ1n) is 6.58. The molecular formula is C13H18FN3O3. The third-order valence-corrected chi connectivity index (χ3v) is 3.45. The van der Waals surface area contributed by atoms with E-state index >= 15 is 0 Å². The van der Waals surface area contributed by atoms with E-state index in [1.165, 1.54) is 13.2 Å². The maximum Gasteiger partial charge on any atom is 0.295 e. The molecule has 1 unspecified atom stereocenters. The summed E-state index contributed by atoms with van der Waals surface area (Å²) in [7, 11) is 1.33. The molecule has 0 radical (unpaired) electrons. The zero-order valence-electron chi connectivity index (χ0n) is 11.3. The molecule has 2 rings (SSSR count). The highest BCUT2D eigenvalue weighted by molar-refractivity contribution is 5.64. The van der Waals surface area contributed by atoms with Crippen LogP contribution in [0.15, 0.2) is 12.1 Å². The van der Waals surface area contributed by atoms with E-state index in [1.807, 2.05) is 0 Å². The summed E-state index contributed by atoms with van der Waals surface area (Å²) in [6.07, 6.45) is 2.17. The third kappa shape index (κ3) is 3.36. The molecule has 1 aliphatic rings. The van der Waals surface area contributed by atoms with Gasteiger partial charge in [-0.05, 0) is 31.8 Å². The molecule has 0 aliphatic carbocycles. The molecule has 1 aromatic carbocycles. The predicted octanol–water partition coefficient (Wildman–Crippen LogP) is 2.15. The highest BCUT2D eigenvalue weighted by Crippen LogP contribution is 2.32. The monoisotopic (exact) mass is 283 g/mol. The smallest absolute Gasteiger partial charge is 0.295 e. The molecule has 20 heavy (non-hydrogen) atoms. The summed E-state index contributed by atoms with van der Waals surface area (Å²) in [5, 5.41) is 17.3. The summed E-state index contributed by atoms with van der Waals surface area (Å²) in [5.41, 5.74) is 0.0193. The van der Waals surface area contributed by atoms with Crippen molar-refractivity contribution in [2.24, 2.45) is 5.92 Å². The summed E-state index contributed by atoms with van der Waals surface area (Å²) in [5.74, 6) is -0.316. The number of benzene rings is 1. The molecule has 1 atom stereocenters. The highest BCUT2D eigenvalue weighted by atomic mass is 19.1. The molecule has 0 amide bonds. The van der Waals surface area contributed by atoms with Crippen molar-refractivity contribution in [1.29, 1.82) is 0 Å². The normalized spacial score (nSPS) is 18.6. The van der Waals surface area contributed by atoms with Gasteiger partial charge in [-0.25, -0.2) is 4.39 Å². The van der Waals surface area contributed by atoms with E-state index in [1.54, 1.807) is 0 Å². The van der Waals surface area contributed by atoms with E-state index in [0.29, 0.717) is 18.2 Å². The van der Waals surface area contributed by atoms with Crippen LogP contribution >= 0.6 is 0 Å². The average Bonchev–Trinajstić information content (AvgIpc) is 2.46. The molecule has 0 bridgehead atoms. The maximum absolute atomic E-state index is 13.5. The first-order valence-corrected chi connectivity index (χ1v) is 6.58. The largest absolute Gasteiger partial charge is 0.494 e. The summed E-state index contributed by atoms with van der Waals surface area (Å²) >= 11 is 0. The second-order valence-corrected chi connectivity index (χ2v) is 4.85. The van der Waals surface area contributed by atoms with Gasteiger partial charge >= 0.3 is 0 Å². The van der Waals surface area contributed by atoms with Crippen molar-refractivity contribution < 1.29 is 14.1 Å². The molecule has 1 heterocycles. The van der Waals surface area contributed by atoms with Crippen LogP contribution in [0.5, 0.6) is 5.75 Å². The standard InChI is InChI=1S/C13H18FN3O3/c1-20-13-6-11(12(17(18)19)5-10(13)14)16-8-9-3-2-4-15-7-9/h5-6,9,15-16H,2-4,7-8H2,1H3. The van der Waals surface area contributed by atoms with Gasteiger partial charge in [0.1, 0.15) is 5.69 Å². The predicted molar refractivity (Wildman–Crippen MR) is 73.7 cm³/mol. The van der Waals surface area contributed by atoms with E-state index in [9.17, 15) is 14.5 Å². The van der Waals surface area contributed by atoms with Crippen LogP contribution < -0.4 is 15.4 Å². The number of rotatable bonds is 5. The van der Waals surface area contributed by atoms with Gasteiger partial charge in [-0.1, -0.05) is 0 Å². The first kappa shape index (κ1) is 14.5. The molecule has 0 aromatic heterocycles. The number of nitrogens with zero attached hydrogens (tertiary/aromatic N) is 1. The number of methoxy groups -OCH3 is 1. The molecule has 0 spiro atoms. The molecule has 110 valence electrons. The van der Waals surface area contributed by atoms with Crippen molar-refractivity contribution >= 4 is 11.4 Å². The van der Waals surface area contributed by atoms with Crippen LogP contribution in [0.4, 0.5) is 15.8 Å². The van der Waals surface area contributed by atoms with Gasteiger partial charge in [0.25, 0.3) is 5.69 Å². The number of anilines is 1. The SMILES string of the molecule is COc1cc(NCC2CCCNC2)c([N+](=O)[O-])cc1F. The van der Waals surface area contributed by atoms with Crippen LogP contribution in [0.1, 0.15) is 12.8 Å². The van der Waals surface area contributed by atoms with Crippen LogP contribution in [0.3, 0.4) is 0 Å². The van der Waals surface area contributed by atoms with Crippen molar-refractivity contribution in [3.8, 4) is 5.75 Å².